The fourth-order valence-electron chi connectivity index (χ4n) is 3.44. The van der Waals surface area contributed by atoms with Crippen molar-refractivity contribution in [1.29, 1.82) is 0 Å². The second kappa shape index (κ2) is 6.68. The van der Waals surface area contributed by atoms with Crippen LogP contribution in [0.1, 0.15) is 24.0 Å². The molecule has 2 aromatic rings. The zero-order chi connectivity index (χ0) is 18.1. The molecule has 0 atom stereocenters. The van der Waals surface area contributed by atoms with Gasteiger partial charge in [-0.3, -0.25) is 4.79 Å². The number of nitrogens with zero attached hydrogens (tertiary/aromatic N) is 1. The van der Waals surface area contributed by atoms with E-state index in [2.05, 4.69) is 0 Å². The first-order valence-corrected chi connectivity index (χ1v) is 8.67. The van der Waals surface area contributed by atoms with Crippen molar-refractivity contribution in [2.24, 2.45) is 0 Å². The van der Waals surface area contributed by atoms with Gasteiger partial charge in [0, 0.05) is 37.6 Å². The van der Waals surface area contributed by atoms with E-state index in [1.54, 1.807) is 4.90 Å². The van der Waals surface area contributed by atoms with Crippen LogP contribution in [-0.2, 0) is 22.6 Å². The zero-order valence-corrected chi connectivity index (χ0v) is 14.2. The number of rotatable bonds is 2. The summed E-state index contributed by atoms with van der Waals surface area (Å²) in [5, 5.41) is 0. The van der Waals surface area contributed by atoms with E-state index >= 15 is 0 Å². The Morgan fingerprint density at radius 2 is 1.88 bits per heavy atom. The monoisotopic (exact) mass is 359 g/mol. The number of carbonyl (C=O) groups excluding carboxylic acids is 1. The SMILES string of the molecule is O=C(Cc1ccc(F)cc1F)N1CCC2(CC1)OCc1ccccc1O2. The molecule has 4 nitrogen and oxygen atoms in total. The molecular weight excluding hydrogens is 340 g/mol. The maximum Gasteiger partial charge on any atom is 0.227 e. The number of ether oxygens (including phenoxy) is 2. The summed E-state index contributed by atoms with van der Waals surface area (Å²) in [5.41, 5.74) is 1.22. The Morgan fingerprint density at radius 1 is 1.12 bits per heavy atom. The summed E-state index contributed by atoms with van der Waals surface area (Å²) in [7, 11) is 0. The van der Waals surface area contributed by atoms with Gasteiger partial charge in [0.15, 0.2) is 0 Å². The third kappa shape index (κ3) is 3.29. The average molecular weight is 359 g/mol. The van der Waals surface area contributed by atoms with Crippen LogP contribution in [-0.4, -0.2) is 29.7 Å². The van der Waals surface area contributed by atoms with E-state index < -0.39 is 17.4 Å². The van der Waals surface area contributed by atoms with Crippen molar-refractivity contribution in [1.82, 2.24) is 4.90 Å². The zero-order valence-electron chi connectivity index (χ0n) is 14.2. The highest BCUT2D eigenvalue weighted by molar-refractivity contribution is 5.79. The van der Waals surface area contributed by atoms with Gasteiger partial charge in [-0.25, -0.2) is 8.78 Å². The maximum absolute atomic E-state index is 13.8. The number of amides is 1. The predicted octanol–water partition coefficient (Wildman–Crippen LogP) is 3.44. The minimum atomic E-state index is -0.702. The molecule has 1 spiro atoms. The summed E-state index contributed by atoms with van der Waals surface area (Å²) in [4.78, 5) is 14.1. The Labute approximate surface area is 150 Å². The van der Waals surface area contributed by atoms with Crippen molar-refractivity contribution in [3.05, 3.63) is 65.2 Å². The highest BCUT2D eigenvalue weighted by Gasteiger charge is 2.41. The van der Waals surface area contributed by atoms with Gasteiger partial charge in [0.1, 0.15) is 17.4 Å². The van der Waals surface area contributed by atoms with E-state index in [9.17, 15) is 13.6 Å². The van der Waals surface area contributed by atoms with Gasteiger partial charge in [-0.05, 0) is 17.7 Å². The molecule has 2 aliphatic rings. The van der Waals surface area contributed by atoms with Crippen molar-refractivity contribution in [3.8, 4) is 5.75 Å². The normalized spacial score (nSPS) is 18.3. The Kier molecular flexibility index (Phi) is 4.36. The van der Waals surface area contributed by atoms with Gasteiger partial charge >= 0.3 is 0 Å². The Bertz CT molecular complexity index is 832. The minimum Gasteiger partial charge on any atom is -0.462 e. The third-order valence-electron chi connectivity index (χ3n) is 4.99. The molecule has 4 rings (SSSR count). The van der Waals surface area contributed by atoms with Crippen LogP contribution >= 0.6 is 0 Å². The lowest BCUT2D eigenvalue weighted by Gasteiger charge is -2.44. The topological polar surface area (TPSA) is 38.8 Å². The van der Waals surface area contributed by atoms with Gasteiger partial charge in [0.05, 0.1) is 13.0 Å². The number of fused-ring (bicyclic) bond motifs is 1. The smallest absolute Gasteiger partial charge is 0.227 e. The van der Waals surface area contributed by atoms with E-state index in [-0.39, 0.29) is 17.9 Å². The highest BCUT2D eigenvalue weighted by atomic mass is 19.1. The Hall–Kier alpha value is -2.47. The molecule has 2 heterocycles. The van der Waals surface area contributed by atoms with Crippen LogP contribution in [0.4, 0.5) is 8.78 Å². The standard InChI is InChI=1S/C20H19F2NO3/c21-16-6-5-14(17(22)12-16)11-19(24)23-9-7-20(8-10-23)25-13-15-3-1-2-4-18(15)26-20/h1-6,12H,7-11,13H2. The quantitative estimate of drug-likeness (QED) is 0.825. The van der Waals surface area contributed by atoms with Crippen molar-refractivity contribution < 1.29 is 23.0 Å². The first kappa shape index (κ1) is 17.0. The summed E-state index contributed by atoms with van der Waals surface area (Å²) >= 11 is 0. The van der Waals surface area contributed by atoms with Gasteiger partial charge in [0.25, 0.3) is 0 Å². The number of halogens is 2. The molecule has 136 valence electrons. The second-order valence-electron chi connectivity index (χ2n) is 6.70. The van der Waals surface area contributed by atoms with Crippen molar-refractivity contribution in [2.45, 2.75) is 31.7 Å². The fraction of sp³-hybridized carbons (Fsp3) is 0.350. The van der Waals surface area contributed by atoms with E-state index in [1.165, 1.54) is 6.07 Å². The van der Waals surface area contributed by atoms with Crippen LogP contribution in [0, 0.1) is 11.6 Å². The van der Waals surface area contributed by atoms with E-state index in [1.807, 2.05) is 24.3 Å². The molecule has 1 saturated heterocycles. The Balaban J connectivity index is 1.38. The highest BCUT2D eigenvalue weighted by Crippen LogP contribution is 2.37. The van der Waals surface area contributed by atoms with Crippen molar-refractivity contribution in [3.63, 3.8) is 0 Å². The summed E-state index contributed by atoms with van der Waals surface area (Å²) < 4.78 is 38.8. The van der Waals surface area contributed by atoms with Crippen LogP contribution in [0.3, 0.4) is 0 Å². The second-order valence-corrected chi connectivity index (χ2v) is 6.70. The van der Waals surface area contributed by atoms with Crippen LogP contribution in [0.25, 0.3) is 0 Å². The molecule has 0 radical (unpaired) electrons. The third-order valence-corrected chi connectivity index (χ3v) is 4.99. The molecule has 0 saturated carbocycles. The van der Waals surface area contributed by atoms with E-state index in [4.69, 9.17) is 9.47 Å². The molecule has 0 aliphatic carbocycles. The van der Waals surface area contributed by atoms with Gasteiger partial charge in [-0.2, -0.15) is 0 Å². The molecule has 26 heavy (non-hydrogen) atoms. The van der Waals surface area contributed by atoms with Crippen molar-refractivity contribution in [2.75, 3.05) is 13.1 Å². The molecule has 1 fully saturated rings. The van der Waals surface area contributed by atoms with Crippen LogP contribution in [0.5, 0.6) is 5.75 Å². The van der Waals surface area contributed by atoms with Gasteiger partial charge in [-0.15, -0.1) is 0 Å². The largest absolute Gasteiger partial charge is 0.462 e. The predicted molar refractivity (Wildman–Crippen MR) is 90.5 cm³/mol. The molecule has 0 N–H and O–H groups in total. The summed E-state index contributed by atoms with van der Waals surface area (Å²) in [6.07, 6.45) is 1.03. The number of piperidine rings is 1. The van der Waals surface area contributed by atoms with Crippen molar-refractivity contribution >= 4 is 5.91 Å². The number of benzene rings is 2. The Morgan fingerprint density at radius 3 is 2.65 bits per heavy atom. The number of likely N-dealkylation sites (tertiary alicyclic amines) is 1. The molecular formula is C20H19F2NO3. The number of carbonyl (C=O) groups is 1. The van der Waals surface area contributed by atoms with Gasteiger partial charge in [-0.1, -0.05) is 24.3 Å². The summed E-state index contributed by atoms with van der Waals surface area (Å²) in [5.74, 6) is -1.40. The number of hydrogen-bond donors (Lipinski definition) is 0. The minimum absolute atomic E-state index is 0.0797. The van der Waals surface area contributed by atoms with E-state index in [0.29, 0.717) is 32.5 Å². The average Bonchev–Trinajstić information content (AvgIpc) is 2.64. The molecule has 2 aliphatic heterocycles. The summed E-state index contributed by atoms with van der Waals surface area (Å²) in [6, 6.07) is 11.0. The number of hydrogen-bond acceptors (Lipinski definition) is 3. The first-order valence-electron chi connectivity index (χ1n) is 8.67. The maximum atomic E-state index is 13.8. The lowest BCUT2D eigenvalue weighted by Crippen LogP contribution is -2.52. The molecule has 6 heteroatoms. The molecule has 2 aromatic carbocycles. The van der Waals surface area contributed by atoms with E-state index in [0.717, 1.165) is 23.4 Å². The lowest BCUT2D eigenvalue weighted by molar-refractivity contribution is -0.227. The number of para-hydroxylation sites is 1. The van der Waals surface area contributed by atoms with Gasteiger partial charge in [0.2, 0.25) is 11.7 Å². The molecule has 0 unspecified atom stereocenters. The molecule has 0 aromatic heterocycles. The molecule has 1 amide bonds. The van der Waals surface area contributed by atoms with Crippen LogP contribution < -0.4 is 4.74 Å². The molecule has 0 bridgehead atoms. The first-order chi connectivity index (χ1) is 12.5. The van der Waals surface area contributed by atoms with Gasteiger partial charge < -0.3 is 14.4 Å². The van der Waals surface area contributed by atoms with Crippen LogP contribution in [0.15, 0.2) is 42.5 Å². The lowest BCUT2D eigenvalue weighted by atomic mass is 10.0. The fourth-order valence-corrected chi connectivity index (χ4v) is 3.44. The van der Waals surface area contributed by atoms with Crippen LogP contribution in [0.2, 0.25) is 0 Å². The summed E-state index contributed by atoms with van der Waals surface area (Å²) in [6.45, 7) is 1.44.